The van der Waals surface area contributed by atoms with Gasteiger partial charge in [-0.15, -0.1) is 0 Å². The maximum atomic E-state index is 12.0. The van der Waals surface area contributed by atoms with E-state index < -0.39 is 0 Å². The molecule has 0 spiro atoms. The molecule has 19 heavy (non-hydrogen) atoms. The van der Waals surface area contributed by atoms with E-state index in [0.29, 0.717) is 6.54 Å². The fraction of sp³-hybridized carbons (Fsp3) is 0.571. The first kappa shape index (κ1) is 13.8. The molecular weight excluding hydrogens is 242 g/mol. The monoisotopic (exact) mass is 263 g/mol. The Morgan fingerprint density at radius 2 is 2.37 bits per heavy atom. The topological polar surface area (TPSA) is 54.5 Å². The van der Waals surface area contributed by atoms with Crippen LogP contribution in [-0.2, 0) is 4.74 Å². The van der Waals surface area contributed by atoms with Gasteiger partial charge in [-0.2, -0.15) is 0 Å². The molecule has 0 aliphatic carbocycles. The van der Waals surface area contributed by atoms with Crippen molar-refractivity contribution in [3.63, 3.8) is 0 Å². The second-order valence-corrected chi connectivity index (χ2v) is 5.05. The van der Waals surface area contributed by atoms with Gasteiger partial charge in [0.1, 0.15) is 0 Å². The molecule has 0 aromatic carbocycles. The van der Waals surface area contributed by atoms with Crippen molar-refractivity contribution < 1.29 is 9.53 Å². The second kappa shape index (κ2) is 6.52. The summed E-state index contributed by atoms with van der Waals surface area (Å²) in [6.45, 7) is 3.38. The van der Waals surface area contributed by atoms with E-state index in [9.17, 15) is 4.79 Å². The van der Waals surface area contributed by atoms with Crippen molar-refractivity contribution in [2.45, 2.75) is 32.3 Å². The maximum Gasteiger partial charge on any atom is 0.321 e. The van der Waals surface area contributed by atoms with E-state index in [1.165, 1.54) is 6.42 Å². The number of carbonyl (C=O) groups is 1. The van der Waals surface area contributed by atoms with E-state index in [0.717, 1.165) is 30.7 Å². The van der Waals surface area contributed by atoms with Crippen molar-refractivity contribution in [2.24, 2.45) is 0 Å². The van der Waals surface area contributed by atoms with Gasteiger partial charge < -0.3 is 15.0 Å². The van der Waals surface area contributed by atoms with Crippen LogP contribution in [0.3, 0.4) is 0 Å². The van der Waals surface area contributed by atoms with Gasteiger partial charge in [0, 0.05) is 26.4 Å². The quantitative estimate of drug-likeness (QED) is 0.911. The number of aryl methyl sites for hydroxylation is 1. The van der Waals surface area contributed by atoms with Crippen molar-refractivity contribution in [1.29, 1.82) is 0 Å². The molecule has 1 saturated heterocycles. The van der Waals surface area contributed by atoms with E-state index in [4.69, 9.17) is 4.74 Å². The normalized spacial score (nSPS) is 18.9. The number of anilines is 1. The number of hydrogen-bond acceptors (Lipinski definition) is 3. The molecule has 104 valence electrons. The average molecular weight is 263 g/mol. The molecule has 5 heteroatoms. The van der Waals surface area contributed by atoms with Gasteiger partial charge in [-0.1, -0.05) is 0 Å². The summed E-state index contributed by atoms with van der Waals surface area (Å²) in [5.74, 6) is 0. The summed E-state index contributed by atoms with van der Waals surface area (Å²) in [7, 11) is 1.79. The van der Waals surface area contributed by atoms with Crippen molar-refractivity contribution >= 4 is 11.7 Å². The molecule has 1 aromatic heterocycles. The highest BCUT2D eigenvalue weighted by molar-refractivity contribution is 5.89. The molecule has 2 rings (SSSR count). The number of ether oxygens (including phenoxy) is 1. The number of likely N-dealkylation sites (N-methyl/N-ethyl adjacent to an activating group) is 1. The smallest absolute Gasteiger partial charge is 0.321 e. The van der Waals surface area contributed by atoms with Crippen molar-refractivity contribution in [2.75, 3.05) is 25.5 Å². The zero-order chi connectivity index (χ0) is 13.7. The lowest BCUT2D eigenvalue weighted by atomic mass is 10.1. The Morgan fingerprint density at radius 3 is 3.05 bits per heavy atom. The highest BCUT2D eigenvalue weighted by Crippen LogP contribution is 2.14. The number of hydrogen-bond donors (Lipinski definition) is 1. The number of rotatable bonds is 3. The summed E-state index contributed by atoms with van der Waals surface area (Å²) >= 11 is 0. The van der Waals surface area contributed by atoms with Crippen LogP contribution in [0.2, 0.25) is 0 Å². The number of pyridine rings is 1. The molecular formula is C14H21N3O2. The number of carbonyl (C=O) groups excluding carboxylic acids is 1. The molecule has 5 nitrogen and oxygen atoms in total. The van der Waals surface area contributed by atoms with Crippen molar-refractivity contribution in [3.8, 4) is 0 Å². The van der Waals surface area contributed by atoms with E-state index in [1.54, 1.807) is 24.3 Å². The van der Waals surface area contributed by atoms with Crippen LogP contribution in [0.25, 0.3) is 0 Å². The van der Waals surface area contributed by atoms with E-state index >= 15 is 0 Å². The van der Waals surface area contributed by atoms with E-state index in [2.05, 4.69) is 10.3 Å². The molecule has 1 atom stereocenters. The molecule has 2 heterocycles. The third kappa shape index (κ3) is 4.21. The summed E-state index contributed by atoms with van der Waals surface area (Å²) in [4.78, 5) is 17.7. The molecule has 0 radical (unpaired) electrons. The highest BCUT2D eigenvalue weighted by atomic mass is 16.5. The van der Waals surface area contributed by atoms with Gasteiger partial charge in [0.25, 0.3) is 0 Å². The van der Waals surface area contributed by atoms with Crippen LogP contribution < -0.4 is 5.32 Å². The third-order valence-corrected chi connectivity index (χ3v) is 3.22. The molecule has 2 amide bonds. The Bertz CT molecular complexity index is 430. The first-order chi connectivity index (χ1) is 9.15. The zero-order valence-electron chi connectivity index (χ0n) is 11.6. The molecule has 1 aliphatic rings. The molecule has 1 fully saturated rings. The standard InChI is InChI=1S/C14H21N3O2/c1-11-7-12(9-15-8-11)16-14(18)17(2)10-13-5-3-4-6-19-13/h7-9,13H,3-6,10H2,1-2H3,(H,16,18). The number of nitrogens with one attached hydrogen (secondary N) is 1. The molecule has 0 bridgehead atoms. The Balaban J connectivity index is 1.84. The Morgan fingerprint density at radius 1 is 1.53 bits per heavy atom. The van der Waals surface area contributed by atoms with Crippen LogP contribution in [0.5, 0.6) is 0 Å². The summed E-state index contributed by atoms with van der Waals surface area (Å²) in [6, 6.07) is 1.78. The number of nitrogens with zero attached hydrogens (tertiary/aromatic N) is 2. The number of amides is 2. The lowest BCUT2D eigenvalue weighted by Crippen LogP contribution is -2.39. The average Bonchev–Trinajstić information content (AvgIpc) is 2.40. The first-order valence-electron chi connectivity index (χ1n) is 6.70. The van der Waals surface area contributed by atoms with Crippen molar-refractivity contribution in [3.05, 3.63) is 24.0 Å². The Kier molecular flexibility index (Phi) is 4.74. The van der Waals surface area contributed by atoms with Crippen LogP contribution >= 0.6 is 0 Å². The lowest BCUT2D eigenvalue weighted by molar-refractivity contribution is 0.00463. The summed E-state index contributed by atoms with van der Waals surface area (Å²) in [5.41, 5.74) is 1.75. The van der Waals surface area contributed by atoms with Gasteiger partial charge in [-0.25, -0.2) is 4.79 Å². The van der Waals surface area contributed by atoms with Gasteiger partial charge in [0.15, 0.2) is 0 Å². The minimum atomic E-state index is -0.124. The van der Waals surface area contributed by atoms with E-state index in [1.807, 2.05) is 13.0 Å². The van der Waals surface area contributed by atoms with Gasteiger partial charge >= 0.3 is 6.03 Å². The van der Waals surface area contributed by atoms with E-state index in [-0.39, 0.29) is 12.1 Å². The van der Waals surface area contributed by atoms with Gasteiger partial charge in [-0.05, 0) is 37.8 Å². The van der Waals surface area contributed by atoms with Crippen LogP contribution in [0.15, 0.2) is 18.5 Å². The summed E-state index contributed by atoms with van der Waals surface area (Å²) in [5, 5.41) is 2.84. The minimum absolute atomic E-state index is 0.124. The first-order valence-corrected chi connectivity index (χ1v) is 6.70. The predicted octanol–water partition coefficient (Wildman–Crippen LogP) is 2.42. The van der Waals surface area contributed by atoms with Crippen LogP contribution in [-0.4, -0.2) is 42.2 Å². The minimum Gasteiger partial charge on any atom is -0.376 e. The molecule has 1 aromatic rings. The Labute approximate surface area is 114 Å². The van der Waals surface area contributed by atoms with Crippen LogP contribution in [0, 0.1) is 6.92 Å². The van der Waals surface area contributed by atoms with Gasteiger partial charge in [0.05, 0.1) is 18.0 Å². The predicted molar refractivity (Wildman–Crippen MR) is 74.2 cm³/mol. The highest BCUT2D eigenvalue weighted by Gasteiger charge is 2.18. The number of urea groups is 1. The summed E-state index contributed by atoms with van der Waals surface area (Å²) in [6.07, 6.45) is 6.91. The SMILES string of the molecule is Cc1cncc(NC(=O)N(C)CC2CCCCO2)c1. The lowest BCUT2D eigenvalue weighted by Gasteiger charge is -2.27. The molecule has 1 N–H and O–H groups in total. The van der Waals surface area contributed by atoms with Gasteiger partial charge in [-0.3, -0.25) is 4.98 Å². The van der Waals surface area contributed by atoms with Gasteiger partial charge in [0.2, 0.25) is 0 Å². The van der Waals surface area contributed by atoms with Crippen LogP contribution in [0.4, 0.5) is 10.5 Å². The fourth-order valence-corrected chi connectivity index (χ4v) is 2.18. The van der Waals surface area contributed by atoms with Crippen LogP contribution in [0.1, 0.15) is 24.8 Å². The molecule has 1 unspecified atom stereocenters. The molecule has 1 aliphatic heterocycles. The fourth-order valence-electron chi connectivity index (χ4n) is 2.18. The Hall–Kier alpha value is -1.62. The third-order valence-electron chi connectivity index (χ3n) is 3.22. The molecule has 0 saturated carbocycles. The largest absolute Gasteiger partial charge is 0.376 e. The summed E-state index contributed by atoms with van der Waals surface area (Å²) < 4.78 is 5.63. The second-order valence-electron chi connectivity index (χ2n) is 5.05. The maximum absolute atomic E-state index is 12.0. The van der Waals surface area contributed by atoms with Crippen molar-refractivity contribution in [1.82, 2.24) is 9.88 Å². The zero-order valence-corrected chi connectivity index (χ0v) is 11.6. The number of aromatic nitrogens is 1.